The fourth-order valence-corrected chi connectivity index (χ4v) is 5.26. The smallest absolute Gasteiger partial charge is 0.274 e. The molecule has 2 aliphatic heterocycles. The van der Waals surface area contributed by atoms with Gasteiger partial charge in [0.05, 0.1) is 17.5 Å². The van der Waals surface area contributed by atoms with Crippen molar-refractivity contribution in [3.05, 3.63) is 74.6 Å². The van der Waals surface area contributed by atoms with Crippen molar-refractivity contribution in [2.24, 2.45) is 11.8 Å². The number of benzene rings is 1. The zero-order chi connectivity index (χ0) is 22.4. The van der Waals surface area contributed by atoms with Crippen LogP contribution in [0.3, 0.4) is 0 Å². The molecule has 7 heteroatoms. The fraction of sp³-hybridized carbons (Fsp3) is 0.440. The summed E-state index contributed by atoms with van der Waals surface area (Å²) >= 11 is 0. The van der Waals surface area contributed by atoms with Gasteiger partial charge in [-0.05, 0) is 30.4 Å². The second kappa shape index (κ2) is 8.04. The molecule has 0 saturated carbocycles. The van der Waals surface area contributed by atoms with Crippen molar-refractivity contribution in [1.82, 2.24) is 19.2 Å². The quantitative estimate of drug-likeness (QED) is 0.634. The number of pyridine rings is 1. The van der Waals surface area contributed by atoms with E-state index in [9.17, 15) is 14.4 Å². The maximum atomic E-state index is 13.4. The Labute approximate surface area is 186 Å². The minimum Gasteiger partial charge on any atom is -0.341 e. The Morgan fingerprint density at radius 2 is 1.81 bits per heavy atom. The first-order valence-electron chi connectivity index (χ1n) is 11.4. The van der Waals surface area contributed by atoms with Gasteiger partial charge in [0, 0.05) is 49.2 Å². The molecule has 166 valence electrons. The lowest BCUT2D eigenvalue weighted by Crippen LogP contribution is -2.49. The number of aromatic nitrogens is 3. The van der Waals surface area contributed by atoms with Gasteiger partial charge in [-0.3, -0.25) is 14.4 Å². The molecule has 1 saturated heterocycles. The van der Waals surface area contributed by atoms with E-state index in [0.29, 0.717) is 37.3 Å². The molecule has 2 aliphatic rings. The highest BCUT2D eigenvalue weighted by Crippen LogP contribution is 2.35. The van der Waals surface area contributed by atoms with E-state index in [0.717, 1.165) is 17.5 Å². The summed E-state index contributed by atoms with van der Waals surface area (Å²) in [5, 5.41) is 5.96. The van der Waals surface area contributed by atoms with Crippen LogP contribution < -0.4 is 11.1 Å². The predicted molar refractivity (Wildman–Crippen MR) is 123 cm³/mol. The first-order chi connectivity index (χ1) is 15.4. The number of carbonyl (C=O) groups excluding carboxylic acids is 1. The Bertz CT molecular complexity index is 1310. The monoisotopic (exact) mass is 432 g/mol. The van der Waals surface area contributed by atoms with Gasteiger partial charge in [0.15, 0.2) is 0 Å². The number of piperidine rings is 1. The standard InChI is InChI=1S/C25H28N4O3/c1-16(2)12-29-25(32)20-7-4-3-6-19(20)21(26-29)11-24(31)27-13-17-10-18(15-27)22-8-5-9-23(30)28(22)14-17/h3-9,16-18H,10-15H2,1-2H3/t17-,18+/m0/s1. The van der Waals surface area contributed by atoms with E-state index in [1.165, 1.54) is 4.68 Å². The van der Waals surface area contributed by atoms with Gasteiger partial charge in [-0.15, -0.1) is 0 Å². The molecular formula is C25H28N4O3. The van der Waals surface area contributed by atoms with Gasteiger partial charge in [0.2, 0.25) is 5.91 Å². The van der Waals surface area contributed by atoms with Crippen LogP contribution in [0.25, 0.3) is 10.8 Å². The highest BCUT2D eigenvalue weighted by Gasteiger charge is 2.36. The summed E-state index contributed by atoms with van der Waals surface area (Å²) in [6, 6.07) is 12.8. The number of carbonyl (C=O) groups is 1. The maximum Gasteiger partial charge on any atom is 0.274 e. The van der Waals surface area contributed by atoms with E-state index in [2.05, 4.69) is 5.10 Å². The summed E-state index contributed by atoms with van der Waals surface area (Å²) in [4.78, 5) is 40.4. The van der Waals surface area contributed by atoms with Crippen molar-refractivity contribution in [1.29, 1.82) is 0 Å². The van der Waals surface area contributed by atoms with E-state index in [1.54, 1.807) is 6.07 Å². The first-order valence-corrected chi connectivity index (χ1v) is 11.4. The molecular weight excluding hydrogens is 404 g/mol. The molecule has 0 unspecified atom stereocenters. The van der Waals surface area contributed by atoms with Gasteiger partial charge < -0.3 is 9.47 Å². The van der Waals surface area contributed by atoms with E-state index in [1.807, 2.05) is 59.7 Å². The number of rotatable bonds is 4. The van der Waals surface area contributed by atoms with Crippen LogP contribution in [0.15, 0.2) is 52.1 Å². The van der Waals surface area contributed by atoms with E-state index in [-0.39, 0.29) is 41.2 Å². The molecule has 32 heavy (non-hydrogen) atoms. The average Bonchev–Trinajstić information content (AvgIpc) is 2.77. The second-order valence-electron chi connectivity index (χ2n) is 9.55. The van der Waals surface area contributed by atoms with Gasteiger partial charge in [-0.1, -0.05) is 38.1 Å². The predicted octanol–water partition coefficient (Wildman–Crippen LogP) is 2.40. The summed E-state index contributed by atoms with van der Waals surface area (Å²) in [7, 11) is 0. The summed E-state index contributed by atoms with van der Waals surface area (Å²) in [5.41, 5.74) is 1.61. The van der Waals surface area contributed by atoms with Crippen LogP contribution in [0, 0.1) is 11.8 Å². The van der Waals surface area contributed by atoms with Crippen LogP contribution in [-0.4, -0.2) is 38.2 Å². The lowest BCUT2D eigenvalue weighted by atomic mass is 9.83. The van der Waals surface area contributed by atoms with Gasteiger partial charge >= 0.3 is 0 Å². The Morgan fingerprint density at radius 1 is 1.03 bits per heavy atom. The minimum absolute atomic E-state index is 0.0267. The Hall–Kier alpha value is -3.22. The molecule has 4 heterocycles. The molecule has 2 bridgehead atoms. The number of hydrogen-bond donors (Lipinski definition) is 0. The van der Waals surface area contributed by atoms with Crippen LogP contribution in [0.2, 0.25) is 0 Å². The lowest BCUT2D eigenvalue weighted by molar-refractivity contribution is -0.133. The average molecular weight is 433 g/mol. The largest absolute Gasteiger partial charge is 0.341 e. The van der Waals surface area contributed by atoms with Crippen molar-refractivity contribution < 1.29 is 4.79 Å². The zero-order valence-electron chi connectivity index (χ0n) is 18.5. The fourth-order valence-electron chi connectivity index (χ4n) is 5.26. The number of amides is 1. The molecule has 0 radical (unpaired) electrons. The van der Waals surface area contributed by atoms with Gasteiger partial charge in [0.25, 0.3) is 11.1 Å². The first kappa shape index (κ1) is 20.7. The third kappa shape index (κ3) is 3.66. The number of nitrogens with zero attached hydrogens (tertiary/aromatic N) is 4. The molecule has 1 aromatic carbocycles. The number of likely N-dealkylation sites (tertiary alicyclic amines) is 1. The third-order valence-electron chi connectivity index (χ3n) is 6.63. The summed E-state index contributed by atoms with van der Waals surface area (Å²) in [6.07, 6.45) is 1.17. The van der Waals surface area contributed by atoms with E-state index in [4.69, 9.17) is 0 Å². The van der Waals surface area contributed by atoms with Crippen LogP contribution in [-0.2, 0) is 24.3 Å². The van der Waals surface area contributed by atoms with Crippen LogP contribution in [0.1, 0.15) is 37.6 Å². The summed E-state index contributed by atoms with van der Waals surface area (Å²) in [6.45, 7) is 6.54. The maximum absolute atomic E-state index is 13.4. The van der Waals surface area contributed by atoms with Crippen molar-refractivity contribution in [2.75, 3.05) is 13.1 Å². The highest BCUT2D eigenvalue weighted by atomic mass is 16.2. The zero-order valence-corrected chi connectivity index (χ0v) is 18.5. The van der Waals surface area contributed by atoms with Gasteiger partial charge in [0.1, 0.15) is 0 Å². The minimum atomic E-state index is -0.111. The Kier molecular flexibility index (Phi) is 5.19. The molecule has 5 rings (SSSR count). The third-order valence-corrected chi connectivity index (χ3v) is 6.63. The number of hydrogen-bond acceptors (Lipinski definition) is 4. The molecule has 1 amide bonds. The topological polar surface area (TPSA) is 77.2 Å². The lowest BCUT2D eigenvalue weighted by Gasteiger charge is -2.42. The van der Waals surface area contributed by atoms with E-state index >= 15 is 0 Å². The van der Waals surface area contributed by atoms with Crippen molar-refractivity contribution >= 4 is 16.7 Å². The van der Waals surface area contributed by atoms with Crippen LogP contribution in [0.4, 0.5) is 0 Å². The molecule has 2 atom stereocenters. The normalized spacial score (nSPS) is 19.9. The highest BCUT2D eigenvalue weighted by molar-refractivity contribution is 5.88. The molecule has 1 fully saturated rings. The Morgan fingerprint density at radius 3 is 2.59 bits per heavy atom. The molecule has 0 N–H and O–H groups in total. The SMILES string of the molecule is CC(C)Cn1nc(CC(=O)N2C[C@@H]3C[C@H](C2)c2cccc(=O)n2C3)c2ccccc2c1=O. The van der Waals surface area contributed by atoms with E-state index < -0.39 is 0 Å². The summed E-state index contributed by atoms with van der Waals surface area (Å²) in [5.74, 6) is 0.763. The molecule has 2 aromatic heterocycles. The van der Waals surface area contributed by atoms with Crippen molar-refractivity contribution in [2.45, 2.75) is 45.7 Å². The van der Waals surface area contributed by atoms with Crippen LogP contribution >= 0.6 is 0 Å². The van der Waals surface area contributed by atoms with Crippen LogP contribution in [0.5, 0.6) is 0 Å². The molecule has 0 spiro atoms. The molecule has 3 aromatic rings. The molecule has 7 nitrogen and oxygen atoms in total. The number of fused-ring (bicyclic) bond motifs is 5. The Balaban J connectivity index is 1.44. The molecule has 0 aliphatic carbocycles. The van der Waals surface area contributed by atoms with Gasteiger partial charge in [-0.25, -0.2) is 4.68 Å². The second-order valence-corrected chi connectivity index (χ2v) is 9.55. The van der Waals surface area contributed by atoms with Crippen molar-refractivity contribution in [3.63, 3.8) is 0 Å². The summed E-state index contributed by atoms with van der Waals surface area (Å²) < 4.78 is 3.38. The van der Waals surface area contributed by atoms with Gasteiger partial charge in [-0.2, -0.15) is 5.10 Å². The van der Waals surface area contributed by atoms with Crippen molar-refractivity contribution in [3.8, 4) is 0 Å².